The highest BCUT2D eigenvalue weighted by Crippen LogP contribution is 2.16. The molecule has 0 saturated carbocycles. The van der Waals surface area contributed by atoms with E-state index < -0.39 is 0 Å². The molecule has 106 valence electrons. The molecule has 0 saturated heterocycles. The Labute approximate surface area is 118 Å². The zero-order valence-electron chi connectivity index (χ0n) is 11.7. The molecule has 0 unspecified atom stereocenters. The minimum atomic E-state index is -0.144. The molecule has 2 aromatic rings. The summed E-state index contributed by atoms with van der Waals surface area (Å²) in [4.78, 5) is 17.3. The number of para-hydroxylation sites is 1. The fourth-order valence-corrected chi connectivity index (χ4v) is 1.82. The minimum absolute atomic E-state index is 0.144. The van der Waals surface area contributed by atoms with Crippen LogP contribution < -0.4 is 4.74 Å². The normalized spacial score (nSPS) is 10.3. The molecule has 0 atom stereocenters. The number of aryl methyl sites for hydroxylation is 1. The summed E-state index contributed by atoms with van der Waals surface area (Å²) in [5.41, 5.74) is 1.44. The lowest BCUT2D eigenvalue weighted by Crippen LogP contribution is -2.28. The van der Waals surface area contributed by atoms with Gasteiger partial charge in [0.1, 0.15) is 12.0 Å². The van der Waals surface area contributed by atoms with Crippen molar-refractivity contribution in [2.45, 2.75) is 13.3 Å². The van der Waals surface area contributed by atoms with E-state index in [-0.39, 0.29) is 5.91 Å². The zero-order valence-corrected chi connectivity index (χ0v) is 11.7. The first kappa shape index (κ1) is 14.1. The third kappa shape index (κ3) is 3.60. The maximum absolute atomic E-state index is 11.9. The van der Waals surface area contributed by atoms with Crippen molar-refractivity contribution in [1.82, 2.24) is 9.88 Å². The van der Waals surface area contributed by atoms with Crippen LogP contribution in [0.4, 0.5) is 0 Å². The summed E-state index contributed by atoms with van der Waals surface area (Å²) in [5, 5.41) is 0. The first-order valence-electron chi connectivity index (χ1n) is 6.50. The molecule has 1 heterocycles. The Hall–Kier alpha value is -2.30. The Morgan fingerprint density at radius 3 is 2.90 bits per heavy atom. The molecule has 0 N–H and O–H groups in total. The second-order valence-corrected chi connectivity index (χ2v) is 4.57. The maximum Gasteiger partial charge on any atom is 0.275 e. The van der Waals surface area contributed by atoms with Gasteiger partial charge >= 0.3 is 0 Å². The van der Waals surface area contributed by atoms with E-state index in [2.05, 4.69) is 4.98 Å². The molecule has 1 amide bonds. The number of hydrogen-bond donors (Lipinski definition) is 0. The summed E-state index contributed by atoms with van der Waals surface area (Å²) in [5.74, 6) is 0.743. The predicted octanol–water partition coefficient (Wildman–Crippen LogP) is 2.52. The van der Waals surface area contributed by atoms with Gasteiger partial charge < -0.3 is 14.1 Å². The van der Waals surface area contributed by atoms with E-state index >= 15 is 0 Å². The smallest absolute Gasteiger partial charge is 0.275 e. The highest BCUT2D eigenvalue weighted by molar-refractivity contribution is 5.91. The molecule has 5 nitrogen and oxygen atoms in total. The van der Waals surface area contributed by atoms with Crippen LogP contribution in [0.5, 0.6) is 5.75 Å². The first-order valence-corrected chi connectivity index (χ1v) is 6.50. The average Bonchev–Trinajstić information content (AvgIpc) is 2.98. The standard InChI is InChI=1S/C15H18N2O3/c1-12-6-3-4-7-14(12)20-9-5-8-17(2)15(18)13-10-19-11-16-13/h3-4,6-7,10-11H,5,8-9H2,1-2H3. The summed E-state index contributed by atoms with van der Waals surface area (Å²) < 4.78 is 10.5. The highest BCUT2D eigenvalue weighted by Gasteiger charge is 2.13. The number of hydrogen-bond acceptors (Lipinski definition) is 4. The lowest BCUT2D eigenvalue weighted by atomic mass is 10.2. The largest absolute Gasteiger partial charge is 0.493 e. The van der Waals surface area contributed by atoms with Gasteiger partial charge in [-0.25, -0.2) is 4.98 Å². The van der Waals surface area contributed by atoms with Crippen molar-refractivity contribution in [3.05, 3.63) is 48.2 Å². The fraction of sp³-hybridized carbons (Fsp3) is 0.333. The summed E-state index contributed by atoms with van der Waals surface area (Å²) in [6, 6.07) is 7.88. The molecule has 2 rings (SSSR count). The molecule has 0 bridgehead atoms. The number of amides is 1. The Bertz CT molecular complexity index is 552. The lowest BCUT2D eigenvalue weighted by molar-refractivity contribution is 0.0782. The quantitative estimate of drug-likeness (QED) is 0.759. The van der Waals surface area contributed by atoms with Gasteiger partial charge in [-0.2, -0.15) is 0 Å². The van der Waals surface area contributed by atoms with Gasteiger partial charge in [-0.1, -0.05) is 18.2 Å². The van der Waals surface area contributed by atoms with Crippen LogP contribution in [0.3, 0.4) is 0 Å². The van der Waals surface area contributed by atoms with Crippen LogP contribution in [-0.2, 0) is 0 Å². The van der Waals surface area contributed by atoms with E-state index in [0.717, 1.165) is 17.7 Å². The molecule has 1 aromatic heterocycles. The molecule has 0 aliphatic heterocycles. The van der Waals surface area contributed by atoms with Crippen molar-refractivity contribution in [1.29, 1.82) is 0 Å². The van der Waals surface area contributed by atoms with Crippen LogP contribution in [0.2, 0.25) is 0 Å². The van der Waals surface area contributed by atoms with Crippen LogP contribution in [0.1, 0.15) is 22.5 Å². The average molecular weight is 274 g/mol. The molecule has 0 radical (unpaired) electrons. The maximum atomic E-state index is 11.9. The van der Waals surface area contributed by atoms with Crippen LogP contribution in [0, 0.1) is 6.92 Å². The van der Waals surface area contributed by atoms with Crippen LogP contribution in [0.25, 0.3) is 0 Å². The second kappa shape index (κ2) is 6.75. The van der Waals surface area contributed by atoms with Gasteiger partial charge in [0.05, 0.1) is 6.61 Å². The number of nitrogens with zero attached hydrogens (tertiary/aromatic N) is 2. The highest BCUT2D eigenvalue weighted by atomic mass is 16.5. The number of benzene rings is 1. The van der Waals surface area contributed by atoms with Crippen LogP contribution >= 0.6 is 0 Å². The van der Waals surface area contributed by atoms with E-state index in [0.29, 0.717) is 18.8 Å². The monoisotopic (exact) mass is 274 g/mol. The van der Waals surface area contributed by atoms with Gasteiger partial charge in [-0.15, -0.1) is 0 Å². The van der Waals surface area contributed by atoms with Crippen molar-refractivity contribution in [3.8, 4) is 5.75 Å². The van der Waals surface area contributed by atoms with Crippen molar-refractivity contribution >= 4 is 5.91 Å². The van der Waals surface area contributed by atoms with Crippen molar-refractivity contribution in [3.63, 3.8) is 0 Å². The van der Waals surface area contributed by atoms with Gasteiger partial charge in [-0.05, 0) is 25.0 Å². The molecule has 0 aliphatic rings. The summed E-state index contributed by atoms with van der Waals surface area (Å²) in [6.07, 6.45) is 3.36. The van der Waals surface area contributed by atoms with Gasteiger partial charge in [0, 0.05) is 13.6 Å². The second-order valence-electron chi connectivity index (χ2n) is 4.57. The van der Waals surface area contributed by atoms with E-state index in [1.54, 1.807) is 11.9 Å². The molecule has 0 aliphatic carbocycles. The SMILES string of the molecule is Cc1ccccc1OCCCN(C)C(=O)c1cocn1. The molecular formula is C15H18N2O3. The third-order valence-electron chi connectivity index (χ3n) is 2.99. The van der Waals surface area contributed by atoms with E-state index in [1.165, 1.54) is 12.7 Å². The fourth-order valence-electron chi connectivity index (χ4n) is 1.82. The number of ether oxygens (including phenoxy) is 1. The summed E-state index contributed by atoms with van der Waals surface area (Å²) >= 11 is 0. The number of carbonyl (C=O) groups excluding carboxylic acids is 1. The molecule has 20 heavy (non-hydrogen) atoms. The Morgan fingerprint density at radius 1 is 1.40 bits per heavy atom. The number of oxazole rings is 1. The third-order valence-corrected chi connectivity index (χ3v) is 2.99. The Morgan fingerprint density at radius 2 is 2.20 bits per heavy atom. The topological polar surface area (TPSA) is 55.6 Å². The molecule has 0 spiro atoms. The van der Waals surface area contributed by atoms with Crippen LogP contribution in [0.15, 0.2) is 41.3 Å². The van der Waals surface area contributed by atoms with E-state index in [4.69, 9.17) is 9.15 Å². The number of rotatable bonds is 6. The molecule has 5 heteroatoms. The molecular weight excluding hydrogens is 256 g/mol. The van der Waals surface area contributed by atoms with Gasteiger partial charge in [0.25, 0.3) is 5.91 Å². The Balaban J connectivity index is 1.73. The molecule has 1 aromatic carbocycles. The van der Waals surface area contributed by atoms with Crippen molar-refractivity contribution < 1.29 is 13.9 Å². The number of carbonyl (C=O) groups is 1. The summed E-state index contributed by atoms with van der Waals surface area (Å²) in [6.45, 7) is 3.19. The lowest BCUT2D eigenvalue weighted by Gasteiger charge is -2.16. The van der Waals surface area contributed by atoms with Crippen molar-refractivity contribution in [2.24, 2.45) is 0 Å². The Kier molecular flexibility index (Phi) is 4.76. The summed E-state index contributed by atoms with van der Waals surface area (Å²) in [7, 11) is 1.74. The predicted molar refractivity (Wildman–Crippen MR) is 74.8 cm³/mol. The van der Waals surface area contributed by atoms with Crippen molar-refractivity contribution in [2.75, 3.05) is 20.2 Å². The van der Waals surface area contributed by atoms with E-state index in [1.807, 2.05) is 31.2 Å². The van der Waals surface area contributed by atoms with Gasteiger partial charge in [0.2, 0.25) is 0 Å². The van der Waals surface area contributed by atoms with Gasteiger partial charge in [-0.3, -0.25) is 4.79 Å². The molecule has 0 fully saturated rings. The minimum Gasteiger partial charge on any atom is -0.493 e. The zero-order chi connectivity index (χ0) is 14.4. The van der Waals surface area contributed by atoms with Crippen LogP contribution in [-0.4, -0.2) is 36.0 Å². The van der Waals surface area contributed by atoms with Gasteiger partial charge in [0.15, 0.2) is 12.1 Å². The number of aromatic nitrogens is 1. The van der Waals surface area contributed by atoms with E-state index in [9.17, 15) is 4.79 Å². The first-order chi connectivity index (χ1) is 9.68.